The first-order valence-electron chi connectivity index (χ1n) is 6.35. The number of nitrogens with one attached hydrogen (secondary N) is 1. The average molecular weight is 268 g/mol. The molecule has 0 unspecified atom stereocenters. The lowest BCUT2D eigenvalue weighted by Gasteiger charge is -2.21. The summed E-state index contributed by atoms with van der Waals surface area (Å²) in [6.07, 6.45) is 1.97. The zero-order valence-electron chi connectivity index (χ0n) is 10.9. The molecule has 2 rings (SSSR count). The molecule has 1 aromatic rings. The highest BCUT2D eigenvalue weighted by Gasteiger charge is 2.37. The van der Waals surface area contributed by atoms with Gasteiger partial charge in [0, 0.05) is 19.1 Å². The normalized spacial score (nSPS) is 16.2. The lowest BCUT2D eigenvalue weighted by molar-refractivity contribution is 0.420. The second kappa shape index (κ2) is 5.38. The van der Waals surface area contributed by atoms with E-state index in [1.54, 1.807) is 16.4 Å². The highest BCUT2D eigenvalue weighted by atomic mass is 32.2. The van der Waals surface area contributed by atoms with E-state index >= 15 is 0 Å². The molecule has 0 spiro atoms. The third kappa shape index (κ3) is 2.58. The maximum Gasteiger partial charge on any atom is 0.243 e. The van der Waals surface area contributed by atoms with Crippen LogP contribution in [0.15, 0.2) is 29.2 Å². The Kier molecular flexibility index (Phi) is 4.04. The predicted molar refractivity (Wildman–Crippen MR) is 71.8 cm³/mol. The Hall–Kier alpha value is -0.910. The Bertz CT molecular complexity index is 509. The molecular weight excluding hydrogens is 248 g/mol. The van der Waals surface area contributed by atoms with Crippen molar-refractivity contribution in [2.45, 2.75) is 37.2 Å². The quantitative estimate of drug-likeness (QED) is 0.852. The summed E-state index contributed by atoms with van der Waals surface area (Å²) in [5.41, 5.74) is 0.833. The molecule has 0 saturated heterocycles. The van der Waals surface area contributed by atoms with Gasteiger partial charge in [0.15, 0.2) is 0 Å². The monoisotopic (exact) mass is 268 g/mol. The fraction of sp³-hybridized carbons (Fsp3) is 0.538. The summed E-state index contributed by atoms with van der Waals surface area (Å²) >= 11 is 0. The molecule has 0 aromatic heterocycles. The van der Waals surface area contributed by atoms with Crippen LogP contribution < -0.4 is 5.32 Å². The average Bonchev–Trinajstić information content (AvgIpc) is 3.15. The number of hydrogen-bond donors (Lipinski definition) is 1. The van der Waals surface area contributed by atoms with Crippen molar-refractivity contribution in [1.29, 1.82) is 0 Å². The molecule has 0 heterocycles. The van der Waals surface area contributed by atoms with Crippen molar-refractivity contribution in [2.24, 2.45) is 0 Å². The molecule has 0 amide bonds. The SMILES string of the molecule is CCN(C1CC1)S(=O)(=O)c1ccccc1CNC. The maximum atomic E-state index is 12.6. The Morgan fingerprint density at radius 1 is 1.33 bits per heavy atom. The molecule has 0 radical (unpaired) electrons. The van der Waals surface area contributed by atoms with E-state index < -0.39 is 10.0 Å². The molecule has 1 N–H and O–H groups in total. The summed E-state index contributed by atoms with van der Waals surface area (Å²) in [6.45, 7) is 3.01. The van der Waals surface area contributed by atoms with Crippen LogP contribution in [0.2, 0.25) is 0 Å². The van der Waals surface area contributed by atoms with Crippen molar-refractivity contribution in [3.05, 3.63) is 29.8 Å². The minimum Gasteiger partial charge on any atom is -0.316 e. The fourth-order valence-electron chi connectivity index (χ4n) is 2.21. The summed E-state index contributed by atoms with van der Waals surface area (Å²) < 4.78 is 26.9. The van der Waals surface area contributed by atoms with Crippen molar-refractivity contribution < 1.29 is 8.42 Å². The van der Waals surface area contributed by atoms with Gasteiger partial charge in [-0.15, -0.1) is 0 Å². The largest absolute Gasteiger partial charge is 0.316 e. The molecule has 1 aromatic carbocycles. The summed E-state index contributed by atoms with van der Waals surface area (Å²) in [6, 6.07) is 7.44. The topological polar surface area (TPSA) is 49.4 Å². The van der Waals surface area contributed by atoms with Crippen molar-refractivity contribution in [1.82, 2.24) is 9.62 Å². The van der Waals surface area contributed by atoms with Gasteiger partial charge in [-0.25, -0.2) is 8.42 Å². The van der Waals surface area contributed by atoms with E-state index in [1.165, 1.54) is 0 Å². The fourth-order valence-corrected chi connectivity index (χ4v) is 4.12. The number of rotatable bonds is 6. The van der Waals surface area contributed by atoms with Crippen LogP contribution >= 0.6 is 0 Å². The Morgan fingerprint density at radius 3 is 2.56 bits per heavy atom. The Balaban J connectivity index is 2.39. The molecule has 1 aliphatic rings. The number of benzene rings is 1. The standard InChI is InChI=1S/C13H20N2O2S/c1-3-15(12-8-9-12)18(16,17)13-7-5-4-6-11(13)10-14-2/h4-7,12,14H,3,8-10H2,1-2H3. The molecule has 18 heavy (non-hydrogen) atoms. The van der Waals surface area contributed by atoms with Gasteiger partial charge in [-0.3, -0.25) is 0 Å². The van der Waals surface area contributed by atoms with E-state index in [2.05, 4.69) is 5.32 Å². The van der Waals surface area contributed by atoms with Gasteiger partial charge in [0.2, 0.25) is 10.0 Å². The van der Waals surface area contributed by atoms with Gasteiger partial charge in [0.05, 0.1) is 4.90 Å². The van der Waals surface area contributed by atoms with Crippen LogP contribution in [0.25, 0.3) is 0 Å². The third-order valence-corrected chi connectivity index (χ3v) is 5.32. The van der Waals surface area contributed by atoms with Crippen molar-refractivity contribution >= 4 is 10.0 Å². The van der Waals surface area contributed by atoms with Gasteiger partial charge in [0.25, 0.3) is 0 Å². The summed E-state index contributed by atoms with van der Waals surface area (Å²) in [7, 11) is -1.53. The maximum absolute atomic E-state index is 12.6. The van der Waals surface area contributed by atoms with E-state index in [4.69, 9.17) is 0 Å². The second-order valence-electron chi connectivity index (χ2n) is 4.58. The first kappa shape index (κ1) is 13.5. The lowest BCUT2D eigenvalue weighted by Crippen LogP contribution is -2.33. The van der Waals surface area contributed by atoms with Crippen LogP contribution in [0.4, 0.5) is 0 Å². The molecule has 0 aliphatic heterocycles. The van der Waals surface area contributed by atoms with Gasteiger partial charge in [0.1, 0.15) is 0 Å². The van der Waals surface area contributed by atoms with Crippen molar-refractivity contribution in [2.75, 3.05) is 13.6 Å². The van der Waals surface area contributed by atoms with Crippen LogP contribution in [-0.4, -0.2) is 32.4 Å². The molecular formula is C13H20N2O2S. The summed E-state index contributed by atoms with van der Waals surface area (Å²) in [5, 5.41) is 3.02. The minimum atomic E-state index is -3.35. The first-order valence-corrected chi connectivity index (χ1v) is 7.79. The second-order valence-corrected chi connectivity index (χ2v) is 6.44. The smallest absolute Gasteiger partial charge is 0.243 e. The molecule has 100 valence electrons. The zero-order valence-corrected chi connectivity index (χ0v) is 11.7. The van der Waals surface area contributed by atoms with Gasteiger partial charge >= 0.3 is 0 Å². The van der Waals surface area contributed by atoms with E-state index in [1.807, 2.05) is 26.1 Å². The first-order chi connectivity index (χ1) is 8.61. The van der Waals surface area contributed by atoms with Crippen LogP contribution in [0.1, 0.15) is 25.3 Å². The Labute approximate surface area is 109 Å². The molecule has 1 aliphatic carbocycles. The van der Waals surface area contributed by atoms with Gasteiger partial charge in [-0.05, 0) is 31.5 Å². The predicted octanol–water partition coefficient (Wildman–Crippen LogP) is 1.58. The Morgan fingerprint density at radius 2 is 2.00 bits per heavy atom. The summed E-state index contributed by atoms with van der Waals surface area (Å²) in [4.78, 5) is 0.438. The molecule has 0 atom stereocenters. The molecule has 0 bridgehead atoms. The van der Waals surface area contributed by atoms with Crippen LogP contribution in [0.3, 0.4) is 0 Å². The lowest BCUT2D eigenvalue weighted by atomic mass is 10.2. The van der Waals surface area contributed by atoms with Gasteiger partial charge in [-0.1, -0.05) is 25.1 Å². The highest BCUT2D eigenvalue weighted by Crippen LogP contribution is 2.32. The van der Waals surface area contributed by atoms with Crippen molar-refractivity contribution in [3.63, 3.8) is 0 Å². The van der Waals surface area contributed by atoms with E-state index in [9.17, 15) is 8.42 Å². The number of sulfonamides is 1. The zero-order chi connectivity index (χ0) is 13.2. The van der Waals surface area contributed by atoms with E-state index in [-0.39, 0.29) is 6.04 Å². The number of hydrogen-bond acceptors (Lipinski definition) is 3. The summed E-state index contributed by atoms with van der Waals surface area (Å²) in [5.74, 6) is 0. The number of nitrogens with zero attached hydrogens (tertiary/aromatic N) is 1. The molecule has 5 heteroatoms. The molecule has 1 saturated carbocycles. The minimum absolute atomic E-state index is 0.211. The van der Waals surface area contributed by atoms with Crippen LogP contribution in [0, 0.1) is 0 Å². The molecule has 4 nitrogen and oxygen atoms in total. The van der Waals surface area contributed by atoms with E-state index in [0.717, 1.165) is 18.4 Å². The van der Waals surface area contributed by atoms with Crippen LogP contribution in [-0.2, 0) is 16.6 Å². The van der Waals surface area contributed by atoms with Crippen LogP contribution in [0.5, 0.6) is 0 Å². The third-order valence-electron chi connectivity index (χ3n) is 3.19. The van der Waals surface area contributed by atoms with E-state index in [0.29, 0.717) is 18.0 Å². The van der Waals surface area contributed by atoms with Crippen molar-refractivity contribution in [3.8, 4) is 0 Å². The van der Waals surface area contributed by atoms with Gasteiger partial charge < -0.3 is 5.32 Å². The van der Waals surface area contributed by atoms with Gasteiger partial charge in [-0.2, -0.15) is 4.31 Å². The molecule has 1 fully saturated rings. The highest BCUT2D eigenvalue weighted by molar-refractivity contribution is 7.89.